The summed E-state index contributed by atoms with van der Waals surface area (Å²) in [6.45, 7) is 0. The highest BCUT2D eigenvalue weighted by atomic mass is 79.9. The topological polar surface area (TPSA) is 77.1 Å². The standard InChI is InChI=1S/C35H31BrN2O5/c1-41-30-19-24(20-31(42-2)34(30)43-3)35(40)38-28-15-8-7-14-26(28)37-27-17-23(21-10-5-4-6-11-21)18-29(39)32(27)33(38)22-12-9-13-25(36)16-22/h4-16,19-20,23,33,37H,17-18H2,1-3H3/t23-,33-/m0/s1. The predicted octanol–water partition coefficient (Wildman–Crippen LogP) is 7.69. The highest BCUT2D eigenvalue weighted by Gasteiger charge is 2.42. The van der Waals surface area contributed by atoms with Gasteiger partial charge in [0.2, 0.25) is 5.75 Å². The van der Waals surface area contributed by atoms with Crippen molar-refractivity contribution in [2.45, 2.75) is 24.8 Å². The molecule has 4 aromatic rings. The van der Waals surface area contributed by atoms with E-state index < -0.39 is 6.04 Å². The van der Waals surface area contributed by atoms with Gasteiger partial charge in [-0.3, -0.25) is 14.5 Å². The Labute approximate surface area is 259 Å². The number of nitrogens with zero attached hydrogens (tertiary/aromatic N) is 1. The Balaban J connectivity index is 1.58. The van der Waals surface area contributed by atoms with Crippen molar-refractivity contribution in [3.05, 3.63) is 123 Å². The van der Waals surface area contributed by atoms with Gasteiger partial charge in [0.15, 0.2) is 17.3 Å². The van der Waals surface area contributed by atoms with Crippen LogP contribution in [0.4, 0.5) is 11.4 Å². The highest BCUT2D eigenvalue weighted by molar-refractivity contribution is 9.10. The lowest BCUT2D eigenvalue weighted by Gasteiger charge is -2.35. The molecular weight excluding hydrogens is 608 g/mol. The van der Waals surface area contributed by atoms with Gasteiger partial charge in [-0.15, -0.1) is 0 Å². The number of benzene rings is 4. The summed E-state index contributed by atoms with van der Waals surface area (Å²) in [7, 11) is 4.55. The lowest BCUT2D eigenvalue weighted by atomic mass is 9.78. The van der Waals surface area contributed by atoms with Crippen molar-refractivity contribution in [3.8, 4) is 17.2 Å². The maximum atomic E-state index is 14.8. The molecule has 0 fully saturated rings. The second-order valence-electron chi connectivity index (χ2n) is 10.5. The average Bonchev–Trinajstić information content (AvgIpc) is 3.18. The number of carbonyl (C=O) groups excluding carboxylic acids is 2. The number of anilines is 2. The number of ketones is 1. The summed E-state index contributed by atoms with van der Waals surface area (Å²) < 4.78 is 17.5. The largest absolute Gasteiger partial charge is 0.493 e. The number of para-hydroxylation sites is 2. The van der Waals surface area contributed by atoms with E-state index in [2.05, 4.69) is 33.4 Å². The summed E-state index contributed by atoms with van der Waals surface area (Å²) in [5.74, 6) is 0.831. The molecule has 1 aliphatic heterocycles. The number of allylic oxidation sites excluding steroid dienone is 1. The van der Waals surface area contributed by atoms with Gasteiger partial charge in [-0.25, -0.2) is 0 Å². The smallest absolute Gasteiger partial charge is 0.259 e. The number of rotatable bonds is 6. The third kappa shape index (κ3) is 5.27. The molecule has 0 radical (unpaired) electrons. The van der Waals surface area contributed by atoms with Crippen molar-refractivity contribution in [2.24, 2.45) is 0 Å². The lowest BCUT2D eigenvalue weighted by molar-refractivity contribution is -0.116. The number of methoxy groups -OCH3 is 3. The van der Waals surface area contributed by atoms with Crippen LogP contribution < -0.4 is 24.4 Å². The monoisotopic (exact) mass is 638 g/mol. The van der Waals surface area contributed by atoms with E-state index in [0.29, 0.717) is 46.9 Å². The summed E-state index contributed by atoms with van der Waals surface area (Å²) in [4.78, 5) is 30.8. The van der Waals surface area contributed by atoms with Crippen LogP contribution in [0.3, 0.4) is 0 Å². The number of amides is 1. The Hall–Kier alpha value is -4.56. The van der Waals surface area contributed by atoms with Crippen LogP contribution in [-0.4, -0.2) is 33.0 Å². The van der Waals surface area contributed by atoms with Crippen LogP contribution in [0.15, 0.2) is 107 Å². The van der Waals surface area contributed by atoms with E-state index in [4.69, 9.17) is 14.2 Å². The van der Waals surface area contributed by atoms with E-state index in [1.165, 1.54) is 21.3 Å². The summed E-state index contributed by atoms with van der Waals surface area (Å²) in [5.41, 5.74) is 5.07. The van der Waals surface area contributed by atoms with Gasteiger partial charge >= 0.3 is 0 Å². The number of fused-ring (bicyclic) bond motifs is 1. The van der Waals surface area contributed by atoms with Crippen LogP contribution in [0, 0.1) is 0 Å². The Morgan fingerprint density at radius 2 is 1.49 bits per heavy atom. The average molecular weight is 640 g/mol. The van der Waals surface area contributed by atoms with E-state index in [1.807, 2.05) is 66.7 Å². The van der Waals surface area contributed by atoms with Crippen LogP contribution >= 0.6 is 15.9 Å². The molecule has 0 saturated heterocycles. The molecule has 1 amide bonds. The zero-order chi connectivity index (χ0) is 30.1. The molecule has 218 valence electrons. The summed E-state index contributed by atoms with van der Waals surface area (Å²) in [6, 6.07) is 28.2. The molecule has 1 aliphatic carbocycles. The van der Waals surface area contributed by atoms with Crippen LogP contribution in [0.25, 0.3) is 0 Å². The second kappa shape index (κ2) is 12.0. The Morgan fingerprint density at radius 3 is 2.16 bits per heavy atom. The van der Waals surface area contributed by atoms with Crippen LogP contribution in [-0.2, 0) is 4.79 Å². The number of hydrogen-bond acceptors (Lipinski definition) is 6. The van der Waals surface area contributed by atoms with Crippen molar-refractivity contribution in [1.82, 2.24) is 0 Å². The fourth-order valence-electron chi connectivity index (χ4n) is 6.11. The van der Waals surface area contributed by atoms with Gasteiger partial charge in [0.1, 0.15) is 0 Å². The molecule has 2 atom stereocenters. The molecule has 2 aliphatic rings. The number of nitrogens with one attached hydrogen (secondary N) is 1. The molecule has 0 spiro atoms. The zero-order valence-corrected chi connectivity index (χ0v) is 25.7. The first-order valence-corrected chi connectivity index (χ1v) is 14.8. The number of ether oxygens (including phenoxy) is 3. The minimum absolute atomic E-state index is 0.00285. The molecule has 1 N–H and O–H groups in total. The molecule has 0 bridgehead atoms. The quantitative estimate of drug-likeness (QED) is 0.233. The third-order valence-electron chi connectivity index (χ3n) is 8.05. The van der Waals surface area contributed by atoms with Crippen molar-refractivity contribution < 1.29 is 23.8 Å². The number of Topliss-reactive ketones (excluding diaryl/α,β-unsaturated/α-hetero) is 1. The molecule has 6 rings (SSSR count). The minimum Gasteiger partial charge on any atom is -0.493 e. The van der Waals surface area contributed by atoms with Crippen LogP contribution in [0.1, 0.15) is 46.3 Å². The Kier molecular flexibility index (Phi) is 7.95. The van der Waals surface area contributed by atoms with Crippen molar-refractivity contribution >= 4 is 39.0 Å². The lowest BCUT2D eigenvalue weighted by Crippen LogP contribution is -2.38. The van der Waals surface area contributed by atoms with Gasteiger partial charge in [-0.1, -0.05) is 70.5 Å². The first kappa shape index (κ1) is 28.6. The van der Waals surface area contributed by atoms with Gasteiger partial charge in [-0.05, 0) is 59.9 Å². The fourth-order valence-corrected chi connectivity index (χ4v) is 6.53. The van der Waals surface area contributed by atoms with E-state index in [9.17, 15) is 9.59 Å². The first-order chi connectivity index (χ1) is 20.9. The van der Waals surface area contributed by atoms with Gasteiger partial charge in [0, 0.05) is 27.7 Å². The molecule has 7 nitrogen and oxygen atoms in total. The Bertz CT molecular complexity index is 1710. The molecule has 0 saturated carbocycles. The van der Waals surface area contributed by atoms with Gasteiger partial charge in [0.05, 0.1) is 38.7 Å². The minimum atomic E-state index is -0.695. The molecular formula is C35H31BrN2O5. The van der Waals surface area contributed by atoms with E-state index >= 15 is 0 Å². The van der Waals surface area contributed by atoms with E-state index in [0.717, 1.165) is 27.0 Å². The van der Waals surface area contributed by atoms with Crippen LogP contribution in [0.5, 0.6) is 17.2 Å². The van der Waals surface area contributed by atoms with E-state index in [1.54, 1.807) is 17.0 Å². The number of carbonyl (C=O) groups is 2. The molecule has 4 aromatic carbocycles. The highest BCUT2D eigenvalue weighted by Crippen LogP contribution is 2.49. The van der Waals surface area contributed by atoms with Crippen molar-refractivity contribution in [1.29, 1.82) is 0 Å². The Morgan fingerprint density at radius 1 is 0.814 bits per heavy atom. The first-order valence-electron chi connectivity index (χ1n) is 14.0. The van der Waals surface area contributed by atoms with Gasteiger partial charge in [0.25, 0.3) is 5.91 Å². The zero-order valence-electron chi connectivity index (χ0n) is 24.1. The molecule has 43 heavy (non-hydrogen) atoms. The summed E-state index contributed by atoms with van der Waals surface area (Å²) in [6.07, 6.45) is 0.980. The van der Waals surface area contributed by atoms with Gasteiger partial charge in [-0.2, -0.15) is 0 Å². The normalized spacial score (nSPS) is 17.8. The van der Waals surface area contributed by atoms with Crippen molar-refractivity contribution in [3.63, 3.8) is 0 Å². The molecule has 8 heteroatoms. The SMILES string of the molecule is COc1cc(C(=O)N2c3ccccc3NC3=C(C(=O)C[C@@H](c4ccccc4)C3)[C@@H]2c2cccc(Br)c2)cc(OC)c1OC. The number of halogens is 1. The van der Waals surface area contributed by atoms with E-state index in [-0.39, 0.29) is 17.6 Å². The number of hydrogen-bond donors (Lipinski definition) is 1. The van der Waals surface area contributed by atoms with Crippen LogP contribution in [0.2, 0.25) is 0 Å². The second-order valence-corrected chi connectivity index (χ2v) is 11.4. The van der Waals surface area contributed by atoms with Gasteiger partial charge < -0.3 is 19.5 Å². The summed E-state index contributed by atoms with van der Waals surface area (Å²) in [5, 5.41) is 3.59. The maximum Gasteiger partial charge on any atom is 0.259 e. The maximum absolute atomic E-state index is 14.8. The third-order valence-corrected chi connectivity index (χ3v) is 8.55. The van der Waals surface area contributed by atoms with Crippen molar-refractivity contribution in [2.75, 3.05) is 31.5 Å². The molecule has 1 heterocycles. The predicted molar refractivity (Wildman–Crippen MR) is 170 cm³/mol. The summed E-state index contributed by atoms with van der Waals surface area (Å²) >= 11 is 3.61. The molecule has 0 unspecified atom stereocenters. The fraction of sp³-hybridized carbons (Fsp3) is 0.200. The molecule has 0 aromatic heterocycles.